The van der Waals surface area contributed by atoms with Crippen LogP contribution in [0, 0.1) is 11.8 Å². The van der Waals surface area contributed by atoms with Gasteiger partial charge in [-0.25, -0.2) is 0 Å². The number of furan rings is 1. The molecule has 1 aliphatic carbocycles. The fourth-order valence-electron chi connectivity index (χ4n) is 3.81. The summed E-state index contributed by atoms with van der Waals surface area (Å²) >= 11 is 0. The molecule has 1 unspecified atom stereocenters. The quantitative estimate of drug-likeness (QED) is 0.930. The van der Waals surface area contributed by atoms with Gasteiger partial charge in [-0.3, -0.25) is 9.59 Å². The fraction of sp³-hybridized carbons (Fsp3) is 0.647. The number of amides is 1. The van der Waals surface area contributed by atoms with E-state index >= 15 is 0 Å². The fourth-order valence-corrected chi connectivity index (χ4v) is 3.81. The molecule has 1 aliphatic heterocycles. The van der Waals surface area contributed by atoms with Gasteiger partial charge in [0.1, 0.15) is 5.76 Å². The molecule has 5 heteroatoms. The molecule has 2 aliphatic rings. The molecule has 0 spiro atoms. The monoisotopic (exact) mass is 305 g/mol. The number of hydrogen-bond acceptors (Lipinski definition) is 3. The summed E-state index contributed by atoms with van der Waals surface area (Å²) in [4.78, 5) is 26.0. The van der Waals surface area contributed by atoms with Crippen molar-refractivity contribution in [2.75, 3.05) is 6.54 Å². The number of likely N-dealkylation sites (tertiary alicyclic amines) is 1. The van der Waals surface area contributed by atoms with E-state index in [9.17, 15) is 9.59 Å². The highest BCUT2D eigenvalue weighted by atomic mass is 16.4. The molecule has 2 heterocycles. The smallest absolute Gasteiger partial charge is 0.306 e. The first-order chi connectivity index (χ1) is 10.7. The molecule has 0 aromatic carbocycles. The summed E-state index contributed by atoms with van der Waals surface area (Å²) in [5.41, 5.74) is 0. The second kappa shape index (κ2) is 6.55. The first-order valence-corrected chi connectivity index (χ1v) is 8.23. The van der Waals surface area contributed by atoms with Gasteiger partial charge < -0.3 is 14.4 Å². The predicted octanol–water partition coefficient (Wildman–Crippen LogP) is 3.22. The van der Waals surface area contributed by atoms with E-state index in [0.29, 0.717) is 19.3 Å². The van der Waals surface area contributed by atoms with Crippen LogP contribution in [0.25, 0.3) is 0 Å². The van der Waals surface area contributed by atoms with Gasteiger partial charge in [0.25, 0.3) is 0 Å². The maximum atomic E-state index is 12.9. The Labute approximate surface area is 130 Å². The average molecular weight is 305 g/mol. The lowest BCUT2D eigenvalue weighted by atomic mass is 10.0. The number of nitrogens with zero attached hydrogens (tertiary/aromatic N) is 1. The third kappa shape index (κ3) is 3.03. The van der Waals surface area contributed by atoms with Crippen LogP contribution < -0.4 is 0 Å². The molecule has 1 saturated heterocycles. The van der Waals surface area contributed by atoms with E-state index in [1.54, 1.807) is 6.26 Å². The maximum absolute atomic E-state index is 12.9. The van der Waals surface area contributed by atoms with Gasteiger partial charge in [-0.15, -0.1) is 0 Å². The molecule has 1 aromatic heterocycles. The van der Waals surface area contributed by atoms with Crippen LogP contribution in [0.15, 0.2) is 22.8 Å². The third-order valence-corrected chi connectivity index (χ3v) is 5.04. The number of carbonyl (C=O) groups is 2. The Bertz CT molecular complexity index is 525. The van der Waals surface area contributed by atoms with Crippen molar-refractivity contribution in [1.82, 2.24) is 4.90 Å². The van der Waals surface area contributed by atoms with E-state index in [0.717, 1.165) is 38.0 Å². The number of carboxylic acids is 1. The summed E-state index contributed by atoms with van der Waals surface area (Å²) in [6.07, 6.45) is 7.60. The van der Waals surface area contributed by atoms with Crippen molar-refractivity contribution in [3.05, 3.63) is 24.2 Å². The van der Waals surface area contributed by atoms with Gasteiger partial charge in [0.15, 0.2) is 0 Å². The summed E-state index contributed by atoms with van der Waals surface area (Å²) in [5.74, 6) is -0.302. The van der Waals surface area contributed by atoms with Gasteiger partial charge in [-0.05, 0) is 44.2 Å². The normalized spacial score (nSPS) is 29.3. The summed E-state index contributed by atoms with van der Waals surface area (Å²) in [5, 5.41) is 9.13. The van der Waals surface area contributed by atoms with Gasteiger partial charge in [-0.1, -0.05) is 12.8 Å². The van der Waals surface area contributed by atoms with Crippen LogP contribution in [0.5, 0.6) is 0 Å². The minimum Gasteiger partial charge on any atom is -0.481 e. The molecule has 1 amide bonds. The van der Waals surface area contributed by atoms with Crippen LogP contribution >= 0.6 is 0 Å². The molecule has 0 bridgehead atoms. The van der Waals surface area contributed by atoms with Gasteiger partial charge >= 0.3 is 5.97 Å². The lowest BCUT2D eigenvalue weighted by Crippen LogP contribution is -2.38. The van der Waals surface area contributed by atoms with E-state index in [2.05, 4.69) is 0 Å². The zero-order valence-electron chi connectivity index (χ0n) is 12.7. The minimum atomic E-state index is -0.770. The Balaban J connectivity index is 1.75. The lowest BCUT2D eigenvalue weighted by Gasteiger charge is -2.31. The van der Waals surface area contributed by atoms with E-state index in [4.69, 9.17) is 9.52 Å². The summed E-state index contributed by atoms with van der Waals surface area (Å²) in [6, 6.07) is 3.80. The highest BCUT2D eigenvalue weighted by Crippen LogP contribution is 2.37. The second-order valence-corrected chi connectivity index (χ2v) is 6.46. The molecular formula is C17H23NO4. The molecule has 1 saturated carbocycles. The van der Waals surface area contributed by atoms with Crippen molar-refractivity contribution in [2.45, 2.75) is 51.0 Å². The zero-order chi connectivity index (χ0) is 15.5. The van der Waals surface area contributed by atoms with Gasteiger partial charge in [0, 0.05) is 12.5 Å². The van der Waals surface area contributed by atoms with Gasteiger partial charge in [0.2, 0.25) is 5.91 Å². The van der Waals surface area contributed by atoms with E-state index < -0.39 is 5.97 Å². The molecular weight excluding hydrogens is 282 g/mol. The third-order valence-electron chi connectivity index (χ3n) is 5.04. The maximum Gasteiger partial charge on any atom is 0.306 e. The molecule has 1 aromatic rings. The molecule has 120 valence electrons. The molecule has 3 atom stereocenters. The summed E-state index contributed by atoms with van der Waals surface area (Å²) < 4.78 is 5.54. The number of rotatable bonds is 3. The summed E-state index contributed by atoms with van der Waals surface area (Å²) in [7, 11) is 0. The Morgan fingerprint density at radius 1 is 1.14 bits per heavy atom. The van der Waals surface area contributed by atoms with Crippen LogP contribution in [-0.4, -0.2) is 28.4 Å². The van der Waals surface area contributed by atoms with Crippen LogP contribution in [0.2, 0.25) is 0 Å². The lowest BCUT2D eigenvalue weighted by molar-refractivity contribution is -0.142. The Kier molecular flexibility index (Phi) is 4.50. The van der Waals surface area contributed by atoms with Crippen molar-refractivity contribution < 1.29 is 19.1 Å². The highest BCUT2D eigenvalue weighted by molar-refractivity contribution is 5.81. The average Bonchev–Trinajstić information content (AvgIpc) is 3.14. The van der Waals surface area contributed by atoms with Crippen molar-refractivity contribution in [1.29, 1.82) is 0 Å². The predicted molar refractivity (Wildman–Crippen MR) is 80.1 cm³/mol. The van der Waals surface area contributed by atoms with Gasteiger partial charge in [-0.2, -0.15) is 0 Å². The van der Waals surface area contributed by atoms with Crippen molar-refractivity contribution in [3.63, 3.8) is 0 Å². The van der Waals surface area contributed by atoms with Crippen LogP contribution in [0.3, 0.4) is 0 Å². The Morgan fingerprint density at radius 2 is 1.95 bits per heavy atom. The van der Waals surface area contributed by atoms with Crippen molar-refractivity contribution in [3.8, 4) is 0 Å². The second-order valence-electron chi connectivity index (χ2n) is 6.46. The molecule has 5 nitrogen and oxygen atoms in total. The number of carboxylic acid groups (broad SMARTS) is 1. The van der Waals surface area contributed by atoms with Crippen LogP contribution in [0.1, 0.15) is 56.7 Å². The number of hydrogen-bond donors (Lipinski definition) is 1. The van der Waals surface area contributed by atoms with E-state index in [1.807, 2.05) is 17.0 Å². The SMILES string of the molecule is O=C(O)[C@@H]1CC[C@H](C(=O)N2CCCCCC2c2ccco2)C1. The molecule has 2 fully saturated rings. The molecule has 22 heavy (non-hydrogen) atoms. The Morgan fingerprint density at radius 3 is 2.64 bits per heavy atom. The number of carbonyl (C=O) groups excluding carboxylic acids is 1. The van der Waals surface area contributed by atoms with Gasteiger partial charge in [0.05, 0.1) is 18.2 Å². The molecule has 1 N–H and O–H groups in total. The van der Waals surface area contributed by atoms with E-state index in [-0.39, 0.29) is 23.8 Å². The van der Waals surface area contributed by atoms with Crippen LogP contribution in [-0.2, 0) is 9.59 Å². The van der Waals surface area contributed by atoms with Crippen molar-refractivity contribution >= 4 is 11.9 Å². The highest BCUT2D eigenvalue weighted by Gasteiger charge is 2.38. The zero-order valence-corrected chi connectivity index (χ0v) is 12.7. The Hall–Kier alpha value is -1.78. The minimum absolute atomic E-state index is 0.00822. The van der Waals surface area contributed by atoms with E-state index in [1.165, 1.54) is 0 Å². The largest absolute Gasteiger partial charge is 0.481 e. The number of aliphatic carboxylic acids is 1. The summed E-state index contributed by atoms with van der Waals surface area (Å²) in [6.45, 7) is 0.748. The first-order valence-electron chi connectivity index (χ1n) is 8.23. The molecule has 0 radical (unpaired) electrons. The topological polar surface area (TPSA) is 70.8 Å². The van der Waals surface area contributed by atoms with Crippen molar-refractivity contribution in [2.24, 2.45) is 11.8 Å². The standard InChI is InChI=1S/C17H23NO4/c19-16(12-7-8-13(11-12)17(20)21)18-9-3-1-2-5-14(18)15-6-4-10-22-15/h4,6,10,12-14H,1-3,5,7-9,11H2,(H,20,21)/t12-,13+,14?/m0/s1. The first kappa shape index (κ1) is 15.1. The van der Waals surface area contributed by atoms with Crippen LogP contribution in [0.4, 0.5) is 0 Å². The molecule has 3 rings (SSSR count).